The Bertz CT molecular complexity index is 678. The van der Waals surface area contributed by atoms with Gasteiger partial charge in [-0.25, -0.2) is 5.10 Å². The van der Waals surface area contributed by atoms with E-state index in [0.29, 0.717) is 5.69 Å². The first-order valence-electron chi connectivity index (χ1n) is 5.56. The molecule has 1 heterocycles. The summed E-state index contributed by atoms with van der Waals surface area (Å²) in [5, 5.41) is 8.10. The highest BCUT2D eigenvalue weighted by atomic mass is 32.2. The Labute approximate surface area is 120 Å². The minimum atomic E-state index is -4.36. The van der Waals surface area contributed by atoms with Crippen LogP contribution in [0, 0.1) is 0 Å². The average Bonchev–Trinajstić information content (AvgIpc) is 2.40. The molecular formula is C12H8F3N3O2S. The molecule has 1 amide bonds. The van der Waals surface area contributed by atoms with E-state index < -0.39 is 17.0 Å². The number of thioether (sulfide) groups is 1. The van der Waals surface area contributed by atoms with Gasteiger partial charge in [-0.15, -0.1) is 0 Å². The van der Waals surface area contributed by atoms with Gasteiger partial charge in [0, 0.05) is 16.6 Å². The fourth-order valence-corrected chi connectivity index (χ4v) is 1.95. The Kier molecular flexibility index (Phi) is 4.32. The number of anilines is 1. The van der Waals surface area contributed by atoms with E-state index in [9.17, 15) is 22.8 Å². The first-order chi connectivity index (χ1) is 9.83. The molecule has 0 atom stereocenters. The highest BCUT2D eigenvalue weighted by Gasteiger charge is 2.29. The molecular weight excluding hydrogens is 307 g/mol. The van der Waals surface area contributed by atoms with Gasteiger partial charge < -0.3 is 5.32 Å². The molecule has 1 aromatic heterocycles. The summed E-state index contributed by atoms with van der Waals surface area (Å²) in [4.78, 5) is 22.6. The third kappa shape index (κ3) is 4.63. The van der Waals surface area contributed by atoms with Gasteiger partial charge in [-0.05, 0) is 42.1 Å². The zero-order valence-electron chi connectivity index (χ0n) is 10.3. The van der Waals surface area contributed by atoms with E-state index in [2.05, 4.69) is 15.5 Å². The molecule has 2 aromatic rings. The van der Waals surface area contributed by atoms with Gasteiger partial charge in [0.1, 0.15) is 5.69 Å². The van der Waals surface area contributed by atoms with Crippen molar-refractivity contribution in [2.75, 3.05) is 5.32 Å². The lowest BCUT2D eigenvalue weighted by Gasteiger charge is -2.07. The van der Waals surface area contributed by atoms with Crippen LogP contribution in [0.3, 0.4) is 0 Å². The van der Waals surface area contributed by atoms with Gasteiger partial charge in [0.15, 0.2) is 0 Å². The van der Waals surface area contributed by atoms with E-state index in [1.165, 1.54) is 30.3 Å². The molecule has 2 N–H and O–H groups in total. The molecule has 0 saturated carbocycles. The molecule has 0 aliphatic rings. The summed E-state index contributed by atoms with van der Waals surface area (Å²) >= 11 is -0.238. The zero-order chi connectivity index (χ0) is 15.5. The van der Waals surface area contributed by atoms with Crippen LogP contribution in [0.5, 0.6) is 0 Å². The molecule has 1 aromatic carbocycles. The molecule has 0 aliphatic heterocycles. The molecule has 5 nitrogen and oxygen atoms in total. The van der Waals surface area contributed by atoms with Crippen LogP contribution in [0.4, 0.5) is 18.9 Å². The van der Waals surface area contributed by atoms with Crippen LogP contribution in [0.15, 0.2) is 46.1 Å². The molecule has 0 spiro atoms. The minimum absolute atomic E-state index is 0.0108. The fourth-order valence-electron chi connectivity index (χ4n) is 1.41. The Morgan fingerprint density at radius 2 is 1.81 bits per heavy atom. The standard InChI is InChI=1S/C12H8F3N3O2S/c13-12(14,15)21-8-3-1-7(2-4-8)16-11(20)9-5-6-10(19)18-17-9/h1-6H,(H,16,20)(H,18,19). The smallest absolute Gasteiger partial charge is 0.321 e. The maximum atomic E-state index is 12.2. The lowest BCUT2D eigenvalue weighted by atomic mass is 10.3. The third-order valence-electron chi connectivity index (χ3n) is 2.26. The van der Waals surface area contributed by atoms with Crippen molar-refractivity contribution in [3.63, 3.8) is 0 Å². The number of nitrogens with one attached hydrogen (secondary N) is 2. The van der Waals surface area contributed by atoms with Crippen molar-refractivity contribution in [3.05, 3.63) is 52.4 Å². The SMILES string of the molecule is O=C(Nc1ccc(SC(F)(F)F)cc1)c1ccc(=O)[nH]n1. The number of hydrogen-bond donors (Lipinski definition) is 2. The lowest BCUT2D eigenvalue weighted by Crippen LogP contribution is -2.17. The maximum Gasteiger partial charge on any atom is 0.446 e. The predicted molar refractivity (Wildman–Crippen MR) is 71.2 cm³/mol. The van der Waals surface area contributed by atoms with Crippen LogP contribution in [0.1, 0.15) is 10.5 Å². The zero-order valence-corrected chi connectivity index (χ0v) is 11.1. The van der Waals surface area contributed by atoms with Gasteiger partial charge in [0.25, 0.3) is 11.5 Å². The first kappa shape index (κ1) is 15.1. The molecule has 21 heavy (non-hydrogen) atoms. The van der Waals surface area contributed by atoms with Gasteiger partial charge in [0.05, 0.1) is 0 Å². The Morgan fingerprint density at radius 3 is 2.33 bits per heavy atom. The fraction of sp³-hybridized carbons (Fsp3) is 0.0833. The monoisotopic (exact) mass is 315 g/mol. The van der Waals surface area contributed by atoms with E-state index in [-0.39, 0.29) is 22.4 Å². The number of aromatic amines is 1. The quantitative estimate of drug-likeness (QED) is 0.854. The van der Waals surface area contributed by atoms with Crippen LogP contribution < -0.4 is 10.9 Å². The van der Waals surface area contributed by atoms with E-state index in [1.807, 2.05) is 0 Å². The summed E-state index contributed by atoms with van der Waals surface area (Å²) < 4.78 is 36.5. The average molecular weight is 315 g/mol. The van der Waals surface area contributed by atoms with Crippen LogP contribution in [-0.4, -0.2) is 21.6 Å². The number of H-pyrrole nitrogens is 1. The minimum Gasteiger partial charge on any atom is -0.321 e. The van der Waals surface area contributed by atoms with E-state index >= 15 is 0 Å². The first-order valence-corrected chi connectivity index (χ1v) is 6.38. The summed E-state index contributed by atoms with van der Waals surface area (Å²) in [6.07, 6.45) is 0. The summed E-state index contributed by atoms with van der Waals surface area (Å²) in [6.45, 7) is 0. The van der Waals surface area contributed by atoms with Gasteiger partial charge in [-0.1, -0.05) is 0 Å². The number of carbonyl (C=O) groups is 1. The second-order valence-electron chi connectivity index (χ2n) is 3.83. The molecule has 9 heteroatoms. The normalized spacial score (nSPS) is 11.2. The number of rotatable bonds is 3. The largest absolute Gasteiger partial charge is 0.446 e. The second-order valence-corrected chi connectivity index (χ2v) is 4.97. The highest BCUT2D eigenvalue weighted by molar-refractivity contribution is 8.00. The molecule has 0 bridgehead atoms. The Hall–Kier alpha value is -2.29. The van der Waals surface area contributed by atoms with Crippen LogP contribution in [-0.2, 0) is 0 Å². The van der Waals surface area contributed by atoms with E-state index in [0.717, 1.165) is 6.07 Å². The predicted octanol–water partition coefficient (Wildman–Crippen LogP) is 2.63. The van der Waals surface area contributed by atoms with Gasteiger partial charge in [-0.3, -0.25) is 9.59 Å². The molecule has 0 radical (unpaired) electrons. The van der Waals surface area contributed by atoms with Gasteiger partial charge in [-0.2, -0.15) is 18.3 Å². The van der Waals surface area contributed by atoms with Crippen molar-refractivity contribution in [2.24, 2.45) is 0 Å². The van der Waals surface area contributed by atoms with Crippen LogP contribution >= 0.6 is 11.8 Å². The number of aromatic nitrogens is 2. The van der Waals surface area contributed by atoms with Crippen molar-refractivity contribution >= 4 is 23.4 Å². The molecule has 0 fully saturated rings. The lowest BCUT2D eigenvalue weighted by molar-refractivity contribution is -0.0328. The number of alkyl halides is 3. The topological polar surface area (TPSA) is 74.8 Å². The summed E-state index contributed by atoms with van der Waals surface area (Å²) in [7, 11) is 0. The molecule has 0 aliphatic carbocycles. The number of nitrogens with zero attached hydrogens (tertiary/aromatic N) is 1. The Morgan fingerprint density at radius 1 is 1.14 bits per heavy atom. The summed E-state index contributed by atoms with van der Waals surface area (Å²) in [6, 6.07) is 7.56. The summed E-state index contributed by atoms with van der Waals surface area (Å²) in [5.41, 5.74) is -4.49. The van der Waals surface area contributed by atoms with Crippen molar-refractivity contribution in [2.45, 2.75) is 10.4 Å². The molecule has 0 saturated heterocycles. The van der Waals surface area contributed by atoms with E-state index in [1.54, 1.807) is 0 Å². The maximum absolute atomic E-state index is 12.2. The van der Waals surface area contributed by atoms with Crippen molar-refractivity contribution in [1.29, 1.82) is 0 Å². The highest BCUT2D eigenvalue weighted by Crippen LogP contribution is 2.37. The molecule has 2 rings (SSSR count). The number of benzene rings is 1. The Balaban J connectivity index is 2.04. The second kappa shape index (κ2) is 6.00. The molecule has 110 valence electrons. The number of halogens is 3. The third-order valence-corrected chi connectivity index (χ3v) is 3.00. The summed E-state index contributed by atoms with van der Waals surface area (Å²) in [5.74, 6) is -0.581. The number of amides is 1. The number of carbonyl (C=O) groups excluding carboxylic acids is 1. The molecule has 0 unspecified atom stereocenters. The van der Waals surface area contributed by atoms with Crippen LogP contribution in [0.25, 0.3) is 0 Å². The van der Waals surface area contributed by atoms with Crippen molar-refractivity contribution in [1.82, 2.24) is 10.2 Å². The van der Waals surface area contributed by atoms with Crippen molar-refractivity contribution < 1.29 is 18.0 Å². The van der Waals surface area contributed by atoms with Gasteiger partial charge in [0.2, 0.25) is 0 Å². The number of hydrogen-bond acceptors (Lipinski definition) is 4. The van der Waals surface area contributed by atoms with Crippen LogP contribution in [0.2, 0.25) is 0 Å². The van der Waals surface area contributed by atoms with E-state index in [4.69, 9.17) is 0 Å². The van der Waals surface area contributed by atoms with Gasteiger partial charge >= 0.3 is 5.51 Å². The van der Waals surface area contributed by atoms with Crippen molar-refractivity contribution in [3.8, 4) is 0 Å².